The number of likely N-dealkylation sites (N-methyl/N-ethyl adjacent to an activating group) is 1. The van der Waals surface area contributed by atoms with E-state index >= 15 is 0 Å². The summed E-state index contributed by atoms with van der Waals surface area (Å²) in [5, 5.41) is 18.6. The standard InChI is InChI=1S/C20H30N6.2C2HF3O2/c1-3-25-10-11-26-18(17-12-22-23(2)15-17)13-21-19(26)20(25)6-8-24(9-7-20)14-16-4-5-16;2*3-2(4,5)1(6)7/h12-13,15-16H,3-11,14H2,1-2H3;2*(H,6,7). The summed E-state index contributed by atoms with van der Waals surface area (Å²) in [4.78, 5) is 28.2. The van der Waals surface area contributed by atoms with Gasteiger partial charge in [-0.25, -0.2) is 14.6 Å². The van der Waals surface area contributed by atoms with Crippen LogP contribution in [0.4, 0.5) is 26.3 Å². The fraction of sp³-hybridized carbons (Fsp3) is 0.667. The number of aromatic nitrogens is 4. The molecular weight excluding hydrogens is 550 g/mol. The average Bonchev–Trinajstić information content (AvgIpc) is 3.40. The Bertz CT molecular complexity index is 1140. The number of carboxylic acid groups (broad SMARTS) is 2. The van der Waals surface area contributed by atoms with E-state index in [0.29, 0.717) is 0 Å². The normalized spacial score (nSPS) is 19.2. The van der Waals surface area contributed by atoms with E-state index < -0.39 is 24.3 Å². The minimum atomic E-state index is -5.08. The van der Waals surface area contributed by atoms with E-state index in [4.69, 9.17) is 24.8 Å². The Morgan fingerprint density at radius 3 is 1.95 bits per heavy atom. The van der Waals surface area contributed by atoms with E-state index in [9.17, 15) is 26.3 Å². The van der Waals surface area contributed by atoms with E-state index in [2.05, 4.69) is 38.8 Å². The molecular formula is C24H32F6N6O4. The van der Waals surface area contributed by atoms with E-state index in [1.54, 1.807) is 0 Å². The second kappa shape index (κ2) is 12.2. The van der Waals surface area contributed by atoms with Crippen molar-refractivity contribution < 1.29 is 46.1 Å². The molecule has 2 aliphatic heterocycles. The van der Waals surface area contributed by atoms with Gasteiger partial charge in [0.15, 0.2) is 0 Å². The number of nitrogens with zero attached hydrogens (tertiary/aromatic N) is 6. The first-order valence-corrected chi connectivity index (χ1v) is 12.7. The van der Waals surface area contributed by atoms with E-state index in [-0.39, 0.29) is 5.54 Å². The van der Waals surface area contributed by atoms with Gasteiger partial charge in [-0.15, -0.1) is 0 Å². The second-order valence-electron chi connectivity index (χ2n) is 9.98. The van der Waals surface area contributed by atoms with Crippen molar-refractivity contribution in [2.75, 3.05) is 32.7 Å². The molecule has 16 heteroatoms. The number of rotatable bonds is 4. The van der Waals surface area contributed by atoms with Crippen LogP contribution < -0.4 is 0 Å². The molecule has 2 N–H and O–H groups in total. The molecule has 40 heavy (non-hydrogen) atoms. The summed E-state index contributed by atoms with van der Waals surface area (Å²) < 4.78 is 67.8. The Morgan fingerprint density at radius 2 is 1.52 bits per heavy atom. The van der Waals surface area contributed by atoms with Gasteiger partial charge in [-0.1, -0.05) is 6.92 Å². The number of imidazole rings is 1. The third-order valence-electron chi connectivity index (χ3n) is 7.23. The summed E-state index contributed by atoms with van der Waals surface area (Å²) in [6.07, 6.45) is 1.27. The maximum Gasteiger partial charge on any atom is 0.490 e. The van der Waals surface area contributed by atoms with Gasteiger partial charge in [-0.2, -0.15) is 31.4 Å². The quantitative estimate of drug-likeness (QED) is 0.526. The molecule has 4 heterocycles. The van der Waals surface area contributed by atoms with Gasteiger partial charge in [-0.05, 0) is 38.1 Å². The largest absolute Gasteiger partial charge is 0.490 e. The smallest absolute Gasteiger partial charge is 0.475 e. The molecule has 1 aliphatic carbocycles. The van der Waals surface area contributed by atoms with Crippen molar-refractivity contribution in [3.05, 3.63) is 24.4 Å². The predicted molar refractivity (Wildman–Crippen MR) is 129 cm³/mol. The zero-order valence-electron chi connectivity index (χ0n) is 22.0. The van der Waals surface area contributed by atoms with Gasteiger partial charge in [0.05, 0.1) is 23.6 Å². The number of hydrogen-bond donors (Lipinski definition) is 2. The van der Waals surface area contributed by atoms with Crippen molar-refractivity contribution >= 4 is 11.9 Å². The number of aryl methyl sites for hydroxylation is 1. The van der Waals surface area contributed by atoms with Gasteiger partial charge in [-0.3, -0.25) is 9.58 Å². The molecule has 0 unspecified atom stereocenters. The summed E-state index contributed by atoms with van der Waals surface area (Å²) in [5.74, 6) is -3.24. The van der Waals surface area contributed by atoms with E-state index in [1.807, 2.05) is 17.9 Å². The lowest BCUT2D eigenvalue weighted by molar-refractivity contribution is -0.193. The van der Waals surface area contributed by atoms with Crippen LogP contribution in [0.1, 0.15) is 38.4 Å². The third-order valence-corrected chi connectivity index (χ3v) is 7.23. The molecule has 3 aliphatic rings. The summed E-state index contributed by atoms with van der Waals surface area (Å²) in [6, 6.07) is 0. The Balaban J connectivity index is 0.000000263. The highest BCUT2D eigenvalue weighted by atomic mass is 19.4. The van der Waals surface area contributed by atoms with Crippen molar-refractivity contribution in [1.82, 2.24) is 29.1 Å². The van der Waals surface area contributed by atoms with Crippen LogP contribution in [0.5, 0.6) is 0 Å². The van der Waals surface area contributed by atoms with Crippen molar-refractivity contribution in [3.63, 3.8) is 0 Å². The van der Waals surface area contributed by atoms with Crippen molar-refractivity contribution in [3.8, 4) is 11.3 Å². The van der Waals surface area contributed by atoms with Gasteiger partial charge in [0, 0.05) is 51.5 Å². The lowest BCUT2D eigenvalue weighted by Crippen LogP contribution is -2.57. The maximum absolute atomic E-state index is 10.6. The number of carbonyl (C=O) groups is 2. The number of alkyl halides is 6. The van der Waals surface area contributed by atoms with E-state index in [1.165, 1.54) is 62.4 Å². The molecule has 0 bridgehead atoms. The van der Waals surface area contributed by atoms with Crippen LogP contribution in [-0.4, -0.2) is 96.4 Å². The van der Waals surface area contributed by atoms with Crippen LogP contribution >= 0.6 is 0 Å². The fourth-order valence-electron chi connectivity index (χ4n) is 5.11. The zero-order valence-corrected chi connectivity index (χ0v) is 22.0. The fourth-order valence-corrected chi connectivity index (χ4v) is 5.11. The molecule has 2 fully saturated rings. The van der Waals surface area contributed by atoms with Crippen LogP contribution in [0.25, 0.3) is 11.3 Å². The molecule has 224 valence electrons. The molecule has 1 saturated heterocycles. The summed E-state index contributed by atoms with van der Waals surface area (Å²) in [7, 11) is 1.98. The first-order chi connectivity index (χ1) is 18.6. The van der Waals surface area contributed by atoms with Gasteiger partial charge in [0.2, 0.25) is 0 Å². The Morgan fingerprint density at radius 1 is 0.975 bits per heavy atom. The highest BCUT2D eigenvalue weighted by molar-refractivity contribution is 5.73. The Labute approximate surface area is 226 Å². The first kappa shape index (κ1) is 31.4. The van der Waals surface area contributed by atoms with Gasteiger partial charge in [0.1, 0.15) is 5.82 Å². The predicted octanol–water partition coefficient (Wildman–Crippen LogP) is 3.59. The highest BCUT2D eigenvalue weighted by Gasteiger charge is 2.47. The van der Waals surface area contributed by atoms with E-state index in [0.717, 1.165) is 25.6 Å². The van der Waals surface area contributed by atoms with Crippen LogP contribution in [0.15, 0.2) is 18.6 Å². The molecule has 10 nitrogen and oxygen atoms in total. The number of hydrogen-bond acceptors (Lipinski definition) is 6. The topological polar surface area (TPSA) is 117 Å². The van der Waals surface area contributed by atoms with Crippen LogP contribution in [0, 0.1) is 5.92 Å². The van der Waals surface area contributed by atoms with Gasteiger partial charge in [0.25, 0.3) is 0 Å². The lowest BCUT2D eigenvalue weighted by atomic mass is 9.83. The number of likely N-dealkylation sites (tertiary alicyclic amines) is 1. The molecule has 0 radical (unpaired) electrons. The molecule has 0 amide bonds. The van der Waals surface area contributed by atoms with Crippen molar-refractivity contribution in [1.29, 1.82) is 0 Å². The van der Waals surface area contributed by atoms with Crippen LogP contribution in [0.3, 0.4) is 0 Å². The zero-order chi connectivity index (χ0) is 29.9. The van der Waals surface area contributed by atoms with Gasteiger partial charge < -0.3 is 19.7 Å². The lowest BCUT2D eigenvalue weighted by Gasteiger charge is -2.51. The molecule has 1 spiro atoms. The Kier molecular flexibility index (Phi) is 9.54. The minimum absolute atomic E-state index is 0.119. The molecule has 2 aromatic heterocycles. The van der Waals surface area contributed by atoms with Crippen molar-refractivity contribution in [2.45, 2.75) is 57.0 Å². The monoisotopic (exact) mass is 582 g/mol. The molecule has 1 saturated carbocycles. The Hall–Kier alpha value is -3.14. The first-order valence-electron chi connectivity index (χ1n) is 12.7. The number of piperidine rings is 1. The van der Waals surface area contributed by atoms with Crippen molar-refractivity contribution in [2.24, 2.45) is 13.0 Å². The second-order valence-corrected chi connectivity index (χ2v) is 9.98. The number of carboxylic acids is 2. The highest BCUT2D eigenvalue weighted by Crippen LogP contribution is 2.43. The number of halogens is 6. The summed E-state index contributed by atoms with van der Waals surface area (Å²) >= 11 is 0. The summed E-state index contributed by atoms with van der Waals surface area (Å²) in [6.45, 7) is 9.30. The molecule has 0 atom stereocenters. The van der Waals surface area contributed by atoms with Gasteiger partial charge >= 0.3 is 24.3 Å². The molecule has 5 rings (SSSR count). The average molecular weight is 583 g/mol. The SMILES string of the molecule is CCN1CCn2c(-c3cnn(C)c3)cnc2C12CCN(CC1CC1)CC2.O=C(O)C(F)(F)F.O=C(O)C(F)(F)F. The molecule has 2 aromatic rings. The number of fused-ring (bicyclic) bond motifs is 2. The third kappa shape index (κ3) is 7.53. The maximum atomic E-state index is 10.6. The number of aliphatic carboxylic acids is 2. The van der Waals surface area contributed by atoms with Crippen LogP contribution in [0.2, 0.25) is 0 Å². The molecule has 0 aromatic carbocycles. The minimum Gasteiger partial charge on any atom is -0.475 e. The van der Waals surface area contributed by atoms with Crippen LogP contribution in [-0.2, 0) is 28.7 Å². The summed E-state index contributed by atoms with van der Waals surface area (Å²) in [5.41, 5.74) is 2.52.